The van der Waals surface area contributed by atoms with Gasteiger partial charge in [-0.2, -0.15) is 30.4 Å². The van der Waals surface area contributed by atoms with Crippen LogP contribution in [0.15, 0.2) is 4.99 Å². The first-order valence-corrected chi connectivity index (χ1v) is 8.83. The summed E-state index contributed by atoms with van der Waals surface area (Å²) in [4.78, 5) is 3.82. The molecule has 1 fully saturated rings. The van der Waals surface area contributed by atoms with E-state index in [-0.39, 0.29) is 11.3 Å². The molecule has 150 valence electrons. The number of thioether (sulfide) groups is 1. The van der Waals surface area contributed by atoms with E-state index in [4.69, 9.17) is 23.4 Å². The molecule has 1 rings (SSSR count). The van der Waals surface area contributed by atoms with Gasteiger partial charge in [0, 0.05) is 6.61 Å². The number of halogens is 7. The standard InChI is InChI=1S/C9H14F4N2OS.CHF3O3S/c10-7(11)9(12,13)5-17-8(14)15-4-6-2-1-3-16-6;2-1(3,4)8(5,6)7/h6-7H,1-5H2,(H2,14,15);(H,5,6,7). The monoisotopic (exact) mass is 424 g/mol. The number of nitrogens with zero attached hydrogens (tertiary/aromatic N) is 1. The summed E-state index contributed by atoms with van der Waals surface area (Å²) in [6.07, 6.45) is -1.92. The lowest BCUT2D eigenvalue weighted by Crippen LogP contribution is -2.30. The Morgan fingerprint density at radius 2 is 1.84 bits per heavy atom. The second kappa shape index (κ2) is 9.78. The van der Waals surface area contributed by atoms with E-state index in [9.17, 15) is 30.7 Å². The van der Waals surface area contributed by atoms with Crippen LogP contribution in [0.25, 0.3) is 0 Å². The molecule has 0 spiro atoms. The number of hydrogen-bond donors (Lipinski definition) is 2. The summed E-state index contributed by atoms with van der Waals surface area (Å²) in [6.45, 7) is 0.954. The van der Waals surface area contributed by atoms with Crippen molar-refractivity contribution in [3.05, 3.63) is 0 Å². The Balaban J connectivity index is 0.000000609. The van der Waals surface area contributed by atoms with Gasteiger partial charge < -0.3 is 10.5 Å². The quantitative estimate of drug-likeness (QED) is 0.231. The van der Waals surface area contributed by atoms with Crippen molar-refractivity contribution in [1.82, 2.24) is 0 Å². The Hall–Kier alpha value is -0.800. The molecule has 0 aromatic heterocycles. The molecule has 3 N–H and O–H groups in total. The fraction of sp³-hybridized carbons (Fsp3) is 0.900. The van der Waals surface area contributed by atoms with Crippen LogP contribution in [0.4, 0.5) is 30.7 Å². The van der Waals surface area contributed by atoms with Gasteiger partial charge in [-0.25, -0.2) is 8.78 Å². The molecule has 15 heteroatoms. The number of amidine groups is 1. The highest BCUT2D eigenvalue weighted by molar-refractivity contribution is 8.13. The van der Waals surface area contributed by atoms with Crippen molar-refractivity contribution in [2.24, 2.45) is 10.7 Å². The largest absolute Gasteiger partial charge is 0.522 e. The van der Waals surface area contributed by atoms with Crippen LogP contribution in [-0.2, 0) is 14.9 Å². The SMILES string of the molecule is NC(=NCC1CCCO1)SCC(F)(F)C(F)F.O=S(=O)(O)C(F)(F)F. The Kier molecular flexibility index (Phi) is 9.46. The minimum Gasteiger partial charge on any atom is -0.379 e. The molecule has 1 unspecified atom stereocenters. The zero-order valence-electron chi connectivity index (χ0n) is 12.3. The molecule has 0 bridgehead atoms. The molecule has 0 aromatic rings. The van der Waals surface area contributed by atoms with Crippen molar-refractivity contribution in [3.8, 4) is 0 Å². The molecule has 0 amide bonds. The first kappa shape index (κ1) is 24.2. The van der Waals surface area contributed by atoms with E-state index in [1.54, 1.807) is 0 Å². The van der Waals surface area contributed by atoms with Crippen molar-refractivity contribution in [2.75, 3.05) is 18.9 Å². The van der Waals surface area contributed by atoms with Crippen LogP contribution in [0.1, 0.15) is 12.8 Å². The van der Waals surface area contributed by atoms with Gasteiger partial charge in [0.2, 0.25) is 0 Å². The molecule has 1 heterocycles. The van der Waals surface area contributed by atoms with Crippen LogP contribution in [0.2, 0.25) is 0 Å². The van der Waals surface area contributed by atoms with E-state index in [1.807, 2.05) is 0 Å². The van der Waals surface area contributed by atoms with E-state index in [1.165, 1.54) is 0 Å². The summed E-state index contributed by atoms with van der Waals surface area (Å²) < 4.78 is 112. The first-order valence-electron chi connectivity index (χ1n) is 6.41. The van der Waals surface area contributed by atoms with Crippen molar-refractivity contribution < 1.29 is 48.4 Å². The fourth-order valence-electron chi connectivity index (χ4n) is 1.26. The second-order valence-corrected chi connectivity index (χ2v) is 6.99. The summed E-state index contributed by atoms with van der Waals surface area (Å²) in [5, 5.41) is -0.110. The highest BCUT2D eigenvalue weighted by atomic mass is 32.2. The average molecular weight is 424 g/mol. The second-order valence-electron chi connectivity index (χ2n) is 4.59. The van der Waals surface area contributed by atoms with Crippen molar-refractivity contribution in [3.63, 3.8) is 0 Å². The molecular weight excluding hydrogens is 409 g/mol. The maximum absolute atomic E-state index is 12.5. The van der Waals surface area contributed by atoms with Crippen molar-refractivity contribution in [2.45, 2.75) is 36.8 Å². The van der Waals surface area contributed by atoms with Gasteiger partial charge in [-0.3, -0.25) is 9.55 Å². The van der Waals surface area contributed by atoms with Crippen LogP contribution in [0.3, 0.4) is 0 Å². The average Bonchev–Trinajstić information content (AvgIpc) is 2.94. The van der Waals surface area contributed by atoms with Crippen LogP contribution >= 0.6 is 11.8 Å². The number of hydrogen-bond acceptors (Lipinski definition) is 5. The maximum atomic E-state index is 12.5. The molecule has 1 aliphatic rings. The third-order valence-electron chi connectivity index (χ3n) is 2.50. The lowest BCUT2D eigenvalue weighted by Gasteiger charge is -2.14. The molecule has 0 aromatic carbocycles. The van der Waals surface area contributed by atoms with Crippen LogP contribution < -0.4 is 5.73 Å². The van der Waals surface area contributed by atoms with Gasteiger partial charge >= 0.3 is 28.0 Å². The third kappa shape index (κ3) is 10.1. The third-order valence-corrected chi connectivity index (χ3v) is 4.04. The number of alkyl halides is 7. The smallest absolute Gasteiger partial charge is 0.379 e. The molecule has 1 aliphatic heterocycles. The number of aliphatic imine (C=N–C) groups is 1. The zero-order valence-corrected chi connectivity index (χ0v) is 14.0. The summed E-state index contributed by atoms with van der Waals surface area (Å²) >= 11 is 0.437. The van der Waals surface area contributed by atoms with Crippen LogP contribution in [-0.4, -0.2) is 61.0 Å². The minimum atomic E-state index is -5.84. The maximum Gasteiger partial charge on any atom is 0.522 e. The predicted octanol–water partition coefficient (Wildman–Crippen LogP) is 2.51. The van der Waals surface area contributed by atoms with Crippen LogP contribution in [0, 0.1) is 0 Å². The van der Waals surface area contributed by atoms with Crippen LogP contribution in [0.5, 0.6) is 0 Å². The summed E-state index contributed by atoms with van der Waals surface area (Å²) in [5.74, 6) is -5.10. The van der Waals surface area contributed by atoms with Gasteiger partial charge in [0.05, 0.1) is 18.4 Å². The first-order chi connectivity index (χ1) is 11.2. The van der Waals surface area contributed by atoms with E-state index in [0.717, 1.165) is 12.8 Å². The molecule has 0 aliphatic carbocycles. The molecular formula is C10H15F7N2O4S2. The van der Waals surface area contributed by atoms with Gasteiger partial charge in [-0.05, 0) is 12.8 Å². The number of rotatable bonds is 5. The van der Waals surface area contributed by atoms with E-state index < -0.39 is 33.7 Å². The highest BCUT2D eigenvalue weighted by Gasteiger charge is 2.44. The lowest BCUT2D eigenvalue weighted by atomic mass is 10.2. The zero-order chi connectivity index (χ0) is 19.9. The molecule has 0 saturated carbocycles. The molecule has 0 radical (unpaired) electrons. The van der Waals surface area contributed by atoms with E-state index >= 15 is 0 Å². The number of nitrogens with two attached hydrogens (primary N) is 1. The van der Waals surface area contributed by atoms with E-state index in [2.05, 4.69) is 4.99 Å². The van der Waals surface area contributed by atoms with Gasteiger partial charge in [0.15, 0.2) is 5.17 Å². The van der Waals surface area contributed by atoms with E-state index in [0.29, 0.717) is 24.9 Å². The van der Waals surface area contributed by atoms with Crippen molar-refractivity contribution in [1.29, 1.82) is 0 Å². The Morgan fingerprint density at radius 1 is 1.32 bits per heavy atom. The summed E-state index contributed by atoms with van der Waals surface area (Å²) in [7, 11) is -5.84. The van der Waals surface area contributed by atoms with Gasteiger partial charge in [0.1, 0.15) is 0 Å². The lowest BCUT2D eigenvalue weighted by molar-refractivity contribution is -0.109. The Morgan fingerprint density at radius 3 is 2.20 bits per heavy atom. The fourth-order valence-corrected chi connectivity index (χ4v) is 1.89. The Labute approximate surface area is 142 Å². The molecule has 1 atom stereocenters. The Bertz CT molecular complexity index is 534. The number of ether oxygens (including phenoxy) is 1. The van der Waals surface area contributed by atoms with Gasteiger partial charge in [-0.1, -0.05) is 11.8 Å². The summed E-state index contributed by atoms with van der Waals surface area (Å²) in [5.41, 5.74) is -0.196. The normalized spacial score (nSPS) is 19.7. The summed E-state index contributed by atoms with van der Waals surface area (Å²) in [6, 6.07) is 0. The van der Waals surface area contributed by atoms with Gasteiger partial charge in [0.25, 0.3) is 0 Å². The molecule has 6 nitrogen and oxygen atoms in total. The predicted molar refractivity (Wildman–Crippen MR) is 76.5 cm³/mol. The topological polar surface area (TPSA) is 102 Å². The highest BCUT2D eigenvalue weighted by Crippen LogP contribution is 2.27. The molecule has 25 heavy (non-hydrogen) atoms. The minimum absolute atomic E-state index is 0.0373. The molecule has 1 saturated heterocycles. The van der Waals surface area contributed by atoms with Crippen molar-refractivity contribution >= 4 is 27.0 Å². The van der Waals surface area contributed by atoms with Gasteiger partial charge in [-0.15, -0.1) is 0 Å².